The van der Waals surface area contributed by atoms with Gasteiger partial charge >= 0.3 is 6.03 Å². The van der Waals surface area contributed by atoms with Crippen molar-refractivity contribution >= 4 is 17.5 Å². The lowest BCUT2D eigenvalue weighted by molar-refractivity contribution is 0.101. The third-order valence-corrected chi connectivity index (χ3v) is 2.96. The largest absolute Gasteiger partial charge is 0.383 e. The molecule has 0 aliphatic carbocycles. The Bertz CT molecular complexity index is 451. The van der Waals surface area contributed by atoms with Gasteiger partial charge in [0.15, 0.2) is 5.78 Å². The summed E-state index contributed by atoms with van der Waals surface area (Å²) in [5.41, 5.74) is 1.26. The molecule has 0 aliphatic heterocycles. The molecule has 0 aliphatic rings. The number of ether oxygens (including phenoxy) is 2. The highest BCUT2D eigenvalue weighted by molar-refractivity contribution is 5.95. The SMILES string of the molecule is COCCN(CCOC)C(=O)Nc1ccc(C(C)=O)cc1. The number of ketones is 1. The van der Waals surface area contributed by atoms with Crippen LogP contribution in [0.3, 0.4) is 0 Å². The number of carbonyl (C=O) groups excluding carboxylic acids is 2. The van der Waals surface area contributed by atoms with Gasteiger partial charge in [-0.05, 0) is 31.2 Å². The number of hydrogen-bond donors (Lipinski definition) is 1. The number of hydrogen-bond acceptors (Lipinski definition) is 4. The number of methoxy groups -OCH3 is 2. The Labute approximate surface area is 125 Å². The molecule has 116 valence electrons. The van der Waals surface area contributed by atoms with Gasteiger partial charge in [0.05, 0.1) is 13.2 Å². The second-order valence-corrected chi connectivity index (χ2v) is 4.54. The molecular weight excluding hydrogens is 272 g/mol. The first-order valence-corrected chi connectivity index (χ1v) is 6.73. The fourth-order valence-corrected chi connectivity index (χ4v) is 1.71. The molecule has 0 bridgehead atoms. The predicted octanol–water partition coefficient (Wildman–Crippen LogP) is 2.02. The van der Waals surface area contributed by atoms with Crippen LogP contribution in [-0.2, 0) is 9.47 Å². The number of Topliss-reactive ketones (excluding diaryl/α,β-unsaturated/α-hetero) is 1. The van der Waals surface area contributed by atoms with Crippen molar-refractivity contribution in [1.29, 1.82) is 0 Å². The Morgan fingerprint density at radius 1 is 1.05 bits per heavy atom. The molecule has 1 aromatic rings. The van der Waals surface area contributed by atoms with Crippen molar-refractivity contribution in [3.63, 3.8) is 0 Å². The molecule has 0 atom stereocenters. The summed E-state index contributed by atoms with van der Waals surface area (Å²) >= 11 is 0. The molecule has 0 unspecified atom stereocenters. The third kappa shape index (κ3) is 5.93. The number of anilines is 1. The minimum Gasteiger partial charge on any atom is -0.383 e. The monoisotopic (exact) mass is 294 g/mol. The summed E-state index contributed by atoms with van der Waals surface area (Å²) in [6.45, 7) is 3.39. The van der Waals surface area contributed by atoms with E-state index >= 15 is 0 Å². The van der Waals surface area contributed by atoms with Crippen LogP contribution in [0, 0.1) is 0 Å². The molecule has 6 heteroatoms. The zero-order valence-corrected chi connectivity index (χ0v) is 12.7. The average molecular weight is 294 g/mol. The van der Waals surface area contributed by atoms with Gasteiger partial charge in [0.25, 0.3) is 0 Å². The molecule has 0 spiro atoms. The van der Waals surface area contributed by atoms with E-state index in [1.165, 1.54) is 6.92 Å². The lowest BCUT2D eigenvalue weighted by Gasteiger charge is -2.22. The van der Waals surface area contributed by atoms with Crippen LogP contribution in [0.5, 0.6) is 0 Å². The van der Waals surface area contributed by atoms with Gasteiger partial charge in [-0.15, -0.1) is 0 Å². The summed E-state index contributed by atoms with van der Waals surface area (Å²) in [4.78, 5) is 25.0. The normalized spacial score (nSPS) is 10.2. The summed E-state index contributed by atoms with van der Waals surface area (Å²) in [7, 11) is 3.18. The highest BCUT2D eigenvalue weighted by Crippen LogP contribution is 2.11. The number of carbonyl (C=O) groups is 2. The summed E-state index contributed by atoms with van der Waals surface area (Å²) in [5, 5.41) is 2.79. The van der Waals surface area contributed by atoms with Crippen molar-refractivity contribution in [1.82, 2.24) is 4.90 Å². The average Bonchev–Trinajstić information content (AvgIpc) is 2.47. The molecule has 0 fully saturated rings. The van der Waals surface area contributed by atoms with Crippen LogP contribution in [0.1, 0.15) is 17.3 Å². The summed E-state index contributed by atoms with van der Waals surface area (Å²) in [6.07, 6.45) is 0. The molecule has 0 heterocycles. The van der Waals surface area contributed by atoms with E-state index < -0.39 is 0 Å². The fourth-order valence-electron chi connectivity index (χ4n) is 1.71. The van der Waals surface area contributed by atoms with E-state index in [-0.39, 0.29) is 11.8 Å². The molecule has 1 rings (SSSR count). The zero-order chi connectivity index (χ0) is 15.7. The highest BCUT2D eigenvalue weighted by Gasteiger charge is 2.13. The van der Waals surface area contributed by atoms with E-state index in [0.29, 0.717) is 37.6 Å². The molecule has 1 N–H and O–H groups in total. The molecule has 2 amide bonds. The van der Waals surface area contributed by atoms with E-state index in [4.69, 9.17) is 9.47 Å². The van der Waals surface area contributed by atoms with Gasteiger partial charge in [0, 0.05) is 38.6 Å². The number of rotatable bonds is 8. The second-order valence-electron chi connectivity index (χ2n) is 4.54. The van der Waals surface area contributed by atoms with Crippen LogP contribution in [0.15, 0.2) is 24.3 Å². The van der Waals surface area contributed by atoms with Gasteiger partial charge in [-0.1, -0.05) is 0 Å². The van der Waals surface area contributed by atoms with Crippen LogP contribution in [0.2, 0.25) is 0 Å². The Hall–Kier alpha value is -1.92. The van der Waals surface area contributed by atoms with Crippen LogP contribution in [0.25, 0.3) is 0 Å². The van der Waals surface area contributed by atoms with Crippen LogP contribution >= 0.6 is 0 Å². The van der Waals surface area contributed by atoms with Crippen molar-refractivity contribution in [2.75, 3.05) is 45.8 Å². The lowest BCUT2D eigenvalue weighted by atomic mass is 10.1. The van der Waals surface area contributed by atoms with Crippen molar-refractivity contribution in [3.8, 4) is 0 Å². The number of nitrogens with one attached hydrogen (secondary N) is 1. The van der Waals surface area contributed by atoms with Crippen molar-refractivity contribution in [3.05, 3.63) is 29.8 Å². The molecule has 21 heavy (non-hydrogen) atoms. The minimum atomic E-state index is -0.223. The topological polar surface area (TPSA) is 67.9 Å². The summed E-state index contributed by atoms with van der Waals surface area (Å²) in [6, 6.07) is 6.57. The van der Waals surface area contributed by atoms with Gasteiger partial charge in [-0.3, -0.25) is 4.79 Å². The Morgan fingerprint density at radius 2 is 1.57 bits per heavy atom. The van der Waals surface area contributed by atoms with Gasteiger partial charge in [0.2, 0.25) is 0 Å². The van der Waals surface area contributed by atoms with Crippen molar-refractivity contribution < 1.29 is 19.1 Å². The minimum absolute atomic E-state index is 0.00491. The number of nitrogens with zero attached hydrogens (tertiary/aromatic N) is 1. The van der Waals surface area contributed by atoms with Crippen LogP contribution in [-0.4, -0.2) is 57.2 Å². The Kier molecular flexibility index (Phi) is 7.42. The van der Waals surface area contributed by atoms with Crippen LogP contribution < -0.4 is 5.32 Å². The molecule has 0 saturated carbocycles. The van der Waals surface area contributed by atoms with Crippen LogP contribution in [0.4, 0.5) is 10.5 Å². The first kappa shape index (κ1) is 17.1. The smallest absolute Gasteiger partial charge is 0.321 e. The number of amides is 2. The Morgan fingerprint density at radius 3 is 2.00 bits per heavy atom. The standard InChI is InChI=1S/C15H22N2O4/c1-12(18)13-4-6-14(7-5-13)16-15(19)17(8-10-20-2)9-11-21-3/h4-7H,8-11H2,1-3H3,(H,16,19). The van der Waals surface area contributed by atoms with Crippen molar-refractivity contribution in [2.45, 2.75) is 6.92 Å². The zero-order valence-electron chi connectivity index (χ0n) is 12.7. The van der Waals surface area contributed by atoms with Gasteiger partial charge < -0.3 is 19.7 Å². The maximum absolute atomic E-state index is 12.2. The van der Waals surface area contributed by atoms with Crippen molar-refractivity contribution in [2.24, 2.45) is 0 Å². The lowest BCUT2D eigenvalue weighted by Crippen LogP contribution is -2.39. The summed E-state index contributed by atoms with van der Waals surface area (Å²) in [5.74, 6) is -0.00491. The first-order chi connectivity index (χ1) is 10.1. The van der Waals surface area contributed by atoms with Gasteiger partial charge in [0.1, 0.15) is 0 Å². The highest BCUT2D eigenvalue weighted by atomic mass is 16.5. The molecule has 0 aromatic heterocycles. The second kappa shape index (κ2) is 9.10. The predicted molar refractivity (Wildman–Crippen MR) is 80.8 cm³/mol. The molecule has 0 saturated heterocycles. The maximum atomic E-state index is 12.2. The van der Waals surface area contributed by atoms with E-state index in [2.05, 4.69) is 5.32 Å². The van der Waals surface area contributed by atoms with E-state index in [9.17, 15) is 9.59 Å². The molecule has 6 nitrogen and oxygen atoms in total. The fraction of sp³-hybridized carbons (Fsp3) is 0.467. The quantitative estimate of drug-likeness (QED) is 0.745. The third-order valence-electron chi connectivity index (χ3n) is 2.96. The van der Waals surface area contributed by atoms with Gasteiger partial charge in [-0.25, -0.2) is 4.79 Å². The van der Waals surface area contributed by atoms with E-state index in [1.54, 1.807) is 43.4 Å². The Balaban J connectivity index is 2.64. The number of benzene rings is 1. The summed E-state index contributed by atoms with van der Waals surface area (Å²) < 4.78 is 9.99. The van der Waals surface area contributed by atoms with E-state index in [0.717, 1.165) is 0 Å². The molecule has 1 aromatic carbocycles. The molecular formula is C15H22N2O4. The maximum Gasteiger partial charge on any atom is 0.321 e. The van der Waals surface area contributed by atoms with Gasteiger partial charge in [-0.2, -0.15) is 0 Å². The first-order valence-electron chi connectivity index (χ1n) is 6.73. The van der Waals surface area contributed by atoms with E-state index in [1.807, 2.05) is 0 Å². The number of urea groups is 1. The molecule has 0 radical (unpaired) electrons.